The molecule has 2 aromatic carbocycles. The molecule has 1 aliphatic carbocycles. The summed E-state index contributed by atoms with van der Waals surface area (Å²) in [6.07, 6.45) is 2.72. The first-order valence-electron chi connectivity index (χ1n) is 10.3. The van der Waals surface area contributed by atoms with Gasteiger partial charge in [0, 0.05) is 22.3 Å². The third-order valence-corrected chi connectivity index (χ3v) is 9.73. The van der Waals surface area contributed by atoms with E-state index in [2.05, 4.69) is 4.90 Å². The van der Waals surface area contributed by atoms with Gasteiger partial charge in [0.05, 0.1) is 9.64 Å². The lowest BCUT2D eigenvalue weighted by Crippen LogP contribution is -2.51. The molecule has 0 unspecified atom stereocenters. The Morgan fingerprint density at radius 2 is 1.61 bits per heavy atom. The first-order chi connectivity index (χ1) is 14.8. The third kappa shape index (κ3) is 4.79. The van der Waals surface area contributed by atoms with E-state index < -0.39 is 20.5 Å². The zero-order valence-electron chi connectivity index (χ0n) is 17.0. The number of nitrogens with one attached hydrogen (secondary N) is 1. The highest BCUT2D eigenvalue weighted by Crippen LogP contribution is 2.41. The predicted octanol–water partition coefficient (Wildman–Crippen LogP) is 3.64. The summed E-state index contributed by atoms with van der Waals surface area (Å²) in [5.41, 5.74) is 1.60. The smallest absolute Gasteiger partial charge is 0.244 e. The highest BCUT2D eigenvalue weighted by atomic mass is 32.2. The van der Waals surface area contributed by atoms with Gasteiger partial charge in [-0.3, -0.25) is 10.0 Å². The zero-order valence-corrected chi connectivity index (χ0v) is 18.6. The fraction of sp³-hybridized carbons (Fsp3) is 0.409. The maximum absolute atomic E-state index is 13.6. The second kappa shape index (κ2) is 8.90. The fourth-order valence-electron chi connectivity index (χ4n) is 4.18. The number of piperidine rings is 1. The van der Waals surface area contributed by atoms with Gasteiger partial charge in [0.25, 0.3) is 0 Å². The number of halogens is 1. The highest BCUT2D eigenvalue weighted by Gasteiger charge is 2.49. The molecule has 1 saturated carbocycles. The minimum atomic E-state index is -3.81. The van der Waals surface area contributed by atoms with Crippen LogP contribution in [0.25, 0.3) is 0 Å². The van der Waals surface area contributed by atoms with Crippen molar-refractivity contribution in [2.24, 2.45) is 0 Å². The van der Waals surface area contributed by atoms with Crippen molar-refractivity contribution in [3.8, 4) is 0 Å². The van der Waals surface area contributed by atoms with Crippen LogP contribution in [0.3, 0.4) is 0 Å². The Kier molecular flexibility index (Phi) is 6.39. The van der Waals surface area contributed by atoms with Gasteiger partial charge in [-0.05, 0) is 87.3 Å². The van der Waals surface area contributed by atoms with E-state index in [0.717, 1.165) is 22.6 Å². The SMILES string of the molecule is O=C(CC1(S(=O)(=O)c2ccc(Sc3ccc(F)cc3)cc2)CCN(C2CC2)CC1)NO. The normalized spacial score (nSPS) is 19.2. The molecule has 0 atom stereocenters. The van der Waals surface area contributed by atoms with Crippen molar-refractivity contribution in [1.29, 1.82) is 0 Å². The molecule has 4 rings (SSSR count). The summed E-state index contributed by atoms with van der Waals surface area (Å²) in [6, 6.07) is 13.2. The molecule has 0 aromatic heterocycles. The second-order valence-corrected chi connectivity index (χ2v) is 11.7. The maximum atomic E-state index is 13.6. The number of hydrogen-bond acceptors (Lipinski definition) is 6. The van der Waals surface area contributed by atoms with E-state index in [0.29, 0.717) is 32.0 Å². The lowest BCUT2D eigenvalue weighted by atomic mass is 9.92. The Morgan fingerprint density at radius 3 is 2.13 bits per heavy atom. The van der Waals surface area contributed by atoms with Gasteiger partial charge in [0.1, 0.15) is 5.82 Å². The number of sulfone groups is 1. The molecule has 0 spiro atoms. The summed E-state index contributed by atoms with van der Waals surface area (Å²) in [4.78, 5) is 16.1. The molecular formula is C22H25FN2O4S2. The van der Waals surface area contributed by atoms with Gasteiger partial charge in [-0.1, -0.05) is 11.8 Å². The van der Waals surface area contributed by atoms with Crippen molar-refractivity contribution in [2.75, 3.05) is 13.1 Å². The molecule has 2 aliphatic rings. The lowest BCUT2D eigenvalue weighted by Gasteiger charge is -2.41. The van der Waals surface area contributed by atoms with Gasteiger partial charge in [0.2, 0.25) is 5.91 Å². The van der Waals surface area contributed by atoms with Crippen LogP contribution in [0.15, 0.2) is 63.2 Å². The number of carbonyl (C=O) groups excluding carboxylic acids is 1. The van der Waals surface area contributed by atoms with Crippen LogP contribution in [0, 0.1) is 5.82 Å². The van der Waals surface area contributed by atoms with Gasteiger partial charge in [0.15, 0.2) is 9.84 Å². The quantitative estimate of drug-likeness (QED) is 0.481. The van der Waals surface area contributed by atoms with Gasteiger partial charge in [-0.2, -0.15) is 0 Å². The van der Waals surface area contributed by atoms with E-state index >= 15 is 0 Å². The number of hydroxylamine groups is 1. The van der Waals surface area contributed by atoms with Crippen LogP contribution in [0.5, 0.6) is 0 Å². The molecule has 31 heavy (non-hydrogen) atoms. The summed E-state index contributed by atoms with van der Waals surface area (Å²) < 4.78 is 39.1. The number of carbonyl (C=O) groups is 1. The summed E-state index contributed by atoms with van der Waals surface area (Å²) in [7, 11) is -3.81. The van der Waals surface area contributed by atoms with E-state index in [-0.39, 0.29) is 17.1 Å². The Labute approximate surface area is 185 Å². The molecule has 2 aromatic rings. The topological polar surface area (TPSA) is 86.7 Å². The fourth-order valence-corrected chi connectivity index (χ4v) is 7.04. The number of rotatable bonds is 7. The summed E-state index contributed by atoms with van der Waals surface area (Å²) in [5.74, 6) is -0.998. The minimum Gasteiger partial charge on any atom is -0.300 e. The Hall–Kier alpha value is -1.94. The van der Waals surface area contributed by atoms with Gasteiger partial charge in [-0.15, -0.1) is 0 Å². The number of benzene rings is 2. The molecule has 2 fully saturated rings. The molecular weight excluding hydrogens is 439 g/mol. The molecule has 0 radical (unpaired) electrons. The first-order valence-corrected chi connectivity index (χ1v) is 12.6. The van der Waals surface area contributed by atoms with E-state index in [1.165, 1.54) is 23.9 Å². The van der Waals surface area contributed by atoms with Crippen molar-refractivity contribution in [1.82, 2.24) is 10.4 Å². The van der Waals surface area contributed by atoms with Gasteiger partial charge in [-0.25, -0.2) is 18.3 Å². The number of nitrogens with zero attached hydrogens (tertiary/aromatic N) is 1. The molecule has 2 N–H and O–H groups in total. The number of hydrogen-bond donors (Lipinski definition) is 2. The average molecular weight is 465 g/mol. The average Bonchev–Trinajstić information content (AvgIpc) is 3.61. The standard InChI is InChI=1S/C22H25FN2O4S2/c23-16-1-5-18(6-2-16)30-19-7-9-20(10-8-19)31(28,29)22(15-21(26)24-27)11-13-25(14-12-22)17-3-4-17/h1-2,5-10,17,27H,3-4,11-15H2,(H,24,26). The molecule has 6 nitrogen and oxygen atoms in total. The Balaban J connectivity index is 1.56. The van der Waals surface area contributed by atoms with E-state index in [4.69, 9.17) is 5.21 Å². The molecule has 1 amide bonds. The van der Waals surface area contributed by atoms with Crippen molar-refractivity contribution in [3.05, 3.63) is 54.3 Å². The summed E-state index contributed by atoms with van der Waals surface area (Å²) in [6.45, 7) is 1.25. The van der Waals surface area contributed by atoms with Crippen LogP contribution in [-0.2, 0) is 14.6 Å². The molecule has 166 valence electrons. The second-order valence-electron chi connectivity index (χ2n) is 8.19. The van der Waals surface area contributed by atoms with Crippen molar-refractivity contribution in [2.45, 2.75) is 57.6 Å². The largest absolute Gasteiger partial charge is 0.300 e. The van der Waals surface area contributed by atoms with Crippen molar-refractivity contribution < 1.29 is 22.8 Å². The van der Waals surface area contributed by atoms with Crippen LogP contribution < -0.4 is 5.48 Å². The van der Waals surface area contributed by atoms with Crippen LogP contribution in [0.2, 0.25) is 0 Å². The molecule has 1 heterocycles. The summed E-state index contributed by atoms with van der Waals surface area (Å²) in [5, 5.41) is 9.03. The molecule has 9 heteroatoms. The van der Waals surface area contributed by atoms with Crippen LogP contribution in [0.4, 0.5) is 4.39 Å². The van der Waals surface area contributed by atoms with E-state index in [9.17, 15) is 17.6 Å². The molecule has 1 aliphatic heterocycles. The highest BCUT2D eigenvalue weighted by molar-refractivity contribution is 7.99. The summed E-state index contributed by atoms with van der Waals surface area (Å²) >= 11 is 1.41. The Morgan fingerprint density at radius 1 is 1.06 bits per heavy atom. The zero-order chi connectivity index (χ0) is 22.1. The predicted molar refractivity (Wildman–Crippen MR) is 115 cm³/mol. The third-order valence-electron chi connectivity index (χ3n) is 6.13. The minimum absolute atomic E-state index is 0.168. The molecule has 1 saturated heterocycles. The monoisotopic (exact) mass is 464 g/mol. The lowest BCUT2D eigenvalue weighted by molar-refractivity contribution is -0.130. The van der Waals surface area contributed by atoms with Gasteiger partial charge >= 0.3 is 0 Å². The van der Waals surface area contributed by atoms with Crippen LogP contribution in [0.1, 0.15) is 32.1 Å². The van der Waals surface area contributed by atoms with Crippen LogP contribution in [-0.4, -0.2) is 48.3 Å². The number of likely N-dealkylation sites (tertiary alicyclic amines) is 1. The van der Waals surface area contributed by atoms with Crippen molar-refractivity contribution in [3.63, 3.8) is 0 Å². The maximum Gasteiger partial charge on any atom is 0.244 e. The first kappa shape index (κ1) is 22.3. The van der Waals surface area contributed by atoms with Crippen LogP contribution >= 0.6 is 11.8 Å². The van der Waals surface area contributed by atoms with Crippen molar-refractivity contribution >= 4 is 27.5 Å². The Bertz CT molecular complexity index is 1030. The van der Waals surface area contributed by atoms with E-state index in [1.54, 1.807) is 41.9 Å². The number of amides is 1. The molecule has 0 bridgehead atoms. The van der Waals surface area contributed by atoms with E-state index in [1.807, 2.05) is 0 Å². The van der Waals surface area contributed by atoms with Gasteiger partial charge < -0.3 is 4.90 Å².